The van der Waals surface area contributed by atoms with Gasteiger partial charge in [0.2, 0.25) is 0 Å². The van der Waals surface area contributed by atoms with Crippen LogP contribution in [0.2, 0.25) is 0 Å². The van der Waals surface area contributed by atoms with Gasteiger partial charge < -0.3 is 14.8 Å². The van der Waals surface area contributed by atoms with Crippen molar-refractivity contribution in [2.24, 2.45) is 0 Å². The van der Waals surface area contributed by atoms with Crippen molar-refractivity contribution in [2.75, 3.05) is 19.8 Å². The summed E-state index contributed by atoms with van der Waals surface area (Å²) < 4.78 is 23.0. The van der Waals surface area contributed by atoms with Crippen LogP contribution in [0.4, 0.5) is 4.39 Å². The van der Waals surface area contributed by atoms with Crippen LogP contribution in [0.25, 0.3) is 0 Å². The molecule has 7 heteroatoms. The second-order valence-electron chi connectivity index (χ2n) is 3.50. The van der Waals surface area contributed by atoms with Gasteiger partial charge >= 0.3 is 5.97 Å². The molecule has 0 saturated carbocycles. The van der Waals surface area contributed by atoms with Gasteiger partial charge in [0.1, 0.15) is 11.6 Å². The maximum absolute atomic E-state index is 12.8. The van der Waals surface area contributed by atoms with Gasteiger partial charge in [0, 0.05) is 0 Å². The van der Waals surface area contributed by atoms with Crippen LogP contribution in [0.5, 0.6) is 5.75 Å². The van der Waals surface area contributed by atoms with Crippen LogP contribution in [-0.2, 0) is 14.3 Å². The highest BCUT2D eigenvalue weighted by atomic mass is 79.9. The molecule has 1 aromatic carbocycles. The highest BCUT2D eigenvalue weighted by Gasteiger charge is 2.09. The molecule has 1 rings (SSSR count). The lowest BCUT2D eigenvalue weighted by Gasteiger charge is -2.08. The molecular weight excluding hydrogens is 333 g/mol. The summed E-state index contributed by atoms with van der Waals surface area (Å²) in [6.07, 6.45) is 4.95. The Balaban J connectivity index is 2.33. The van der Waals surface area contributed by atoms with Gasteiger partial charge in [-0.05, 0) is 34.1 Å². The lowest BCUT2D eigenvalue weighted by Crippen LogP contribution is -2.30. The molecule has 0 heterocycles. The van der Waals surface area contributed by atoms with Gasteiger partial charge in [0.15, 0.2) is 13.2 Å². The number of amides is 1. The highest BCUT2D eigenvalue weighted by molar-refractivity contribution is 9.10. The average Bonchev–Trinajstić information content (AvgIpc) is 2.41. The molecule has 0 aliphatic heterocycles. The smallest absolute Gasteiger partial charge is 0.344 e. The third-order valence-corrected chi connectivity index (χ3v) is 2.61. The first kappa shape index (κ1) is 16.0. The number of hydrogen-bond donors (Lipinski definition) is 1. The monoisotopic (exact) mass is 343 g/mol. The van der Waals surface area contributed by atoms with Crippen molar-refractivity contribution in [3.05, 3.63) is 28.5 Å². The zero-order valence-corrected chi connectivity index (χ0v) is 11.9. The largest absolute Gasteiger partial charge is 0.481 e. The molecule has 0 saturated heterocycles. The quantitative estimate of drug-likeness (QED) is 0.623. The number of carbonyl (C=O) groups is 2. The Kier molecular flexibility index (Phi) is 6.53. The van der Waals surface area contributed by atoms with E-state index in [4.69, 9.17) is 11.2 Å². The molecule has 5 nitrogen and oxygen atoms in total. The Morgan fingerprint density at radius 1 is 1.40 bits per heavy atom. The molecule has 0 unspecified atom stereocenters. The van der Waals surface area contributed by atoms with Gasteiger partial charge in [-0.25, -0.2) is 9.18 Å². The molecular formula is C13H11BrFNO4. The molecule has 0 atom stereocenters. The predicted molar refractivity (Wildman–Crippen MR) is 72.4 cm³/mol. The lowest BCUT2D eigenvalue weighted by atomic mass is 10.3. The first-order valence-electron chi connectivity index (χ1n) is 5.46. The predicted octanol–water partition coefficient (Wildman–Crippen LogP) is 1.26. The molecule has 0 radical (unpaired) electrons. The van der Waals surface area contributed by atoms with E-state index in [1.165, 1.54) is 18.2 Å². The van der Waals surface area contributed by atoms with Crippen molar-refractivity contribution in [2.45, 2.75) is 0 Å². The van der Waals surface area contributed by atoms with E-state index < -0.39 is 30.9 Å². The minimum atomic E-state index is -0.725. The topological polar surface area (TPSA) is 64.6 Å². The number of nitrogens with one attached hydrogen (secondary N) is 1. The van der Waals surface area contributed by atoms with Crippen molar-refractivity contribution < 1.29 is 23.5 Å². The highest BCUT2D eigenvalue weighted by Crippen LogP contribution is 2.25. The summed E-state index contributed by atoms with van der Waals surface area (Å²) in [7, 11) is 0. The van der Waals surface area contributed by atoms with Crippen molar-refractivity contribution in [1.82, 2.24) is 5.32 Å². The van der Waals surface area contributed by atoms with E-state index in [0.717, 1.165) is 0 Å². The molecule has 0 aliphatic rings. The van der Waals surface area contributed by atoms with E-state index in [1.54, 1.807) is 0 Å². The van der Waals surface area contributed by atoms with E-state index in [-0.39, 0.29) is 6.54 Å². The van der Waals surface area contributed by atoms with Crippen LogP contribution < -0.4 is 10.1 Å². The number of rotatable bonds is 6. The van der Waals surface area contributed by atoms with Gasteiger partial charge in [-0.1, -0.05) is 5.92 Å². The molecule has 1 N–H and O–H groups in total. The minimum absolute atomic E-state index is 0.0649. The van der Waals surface area contributed by atoms with Gasteiger partial charge in [-0.15, -0.1) is 6.42 Å². The van der Waals surface area contributed by atoms with E-state index >= 15 is 0 Å². The first-order chi connectivity index (χ1) is 9.52. The van der Waals surface area contributed by atoms with Crippen LogP contribution in [-0.4, -0.2) is 31.6 Å². The number of carbonyl (C=O) groups excluding carboxylic acids is 2. The fraction of sp³-hybridized carbons (Fsp3) is 0.231. The van der Waals surface area contributed by atoms with E-state index in [1.807, 2.05) is 0 Å². The Morgan fingerprint density at radius 3 is 2.80 bits per heavy atom. The molecule has 0 aliphatic carbocycles. The van der Waals surface area contributed by atoms with Gasteiger partial charge in [-0.2, -0.15) is 0 Å². The minimum Gasteiger partial charge on any atom is -0.481 e. The molecule has 0 fully saturated rings. The molecule has 0 spiro atoms. The Morgan fingerprint density at radius 2 is 2.15 bits per heavy atom. The lowest BCUT2D eigenvalue weighted by molar-refractivity contribution is -0.150. The maximum atomic E-state index is 12.8. The fourth-order valence-corrected chi connectivity index (χ4v) is 1.58. The number of esters is 1. The van der Waals surface area contributed by atoms with Crippen LogP contribution in [0.3, 0.4) is 0 Å². The second-order valence-corrected chi connectivity index (χ2v) is 4.36. The Hall–Kier alpha value is -2.07. The summed E-state index contributed by atoms with van der Waals surface area (Å²) >= 11 is 3.09. The van der Waals surface area contributed by atoms with Crippen LogP contribution in [0.15, 0.2) is 22.7 Å². The van der Waals surface area contributed by atoms with Crippen LogP contribution >= 0.6 is 15.9 Å². The third-order valence-electron chi connectivity index (χ3n) is 1.99. The van der Waals surface area contributed by atoms with E-state index in [2.05, 4.69) is 31.9 Å². The van der Waals surface area contributed by atoms with Gasteiger partial charge in [0.25, 0.3) is 5.91 Å². The number of halogens is 2. The summed E-state index contributed by atoms with van der Waals surface area (Å²) in [6.45, 7) is -0.767. The molecule has 0 bridgehead atoms. The van der Waals surface area contributed by atoms with Crippen molar-refractivity contribution in [3.8, 4) is 18.1 Å². The molecule has 1 amide bonds. The maximum Gasteiger partial charge on any atom is 0.344 e. The summed E-state index contributed by atoms with van der Waals surface area (Å²) in [4.78, 5) is 22.4. The number of hydrogen-bond acceptors (Lipinski definition) is 4. The second kappa shape index (κ2) is 8.17. The Labute approximate surface area is 123 Å². The standard InChI is InChI=1S/C13H11BrFNO4/c1-2-5-16-12(17)7-20-13(18)8-19-11-4-3-9(15)6-10(11)14/h1,3-4,6H,5,7-8H2,(H,16,17). The molecule has 1 aromatic rings. The normalized spacial score (nSPS) is 9.45. The number of terminal acetylenes is 1. The van der Waals surface area contributed by atoms with Gasteiger partial charge in [0.05, 0.1) is 11.0 Å². The van der Waals surface area contributed by atoms with Crippen molar-refractivity contribution >= 4 is 27.8 Å². The zero-order chi connectivity index (χ0) is 15.0. The zero-order valence-electron chi connectivity index (χ0n) is 10.3. The SMILES string of the molecule is C#CCNC(=O)COC(=O)COc1ccc(F)cc1Br. The molecule has 106 valence electrons. The Bertz CT molecular complexity index is 542. The first-order valence-corrected chi connectivity index (χ1v) is 6.26. The van der Waals surface area contributed by atoms with Gasteiger partial charge in [-0.3, -0.25) is 4.79 Å². The average molecular weight is 344 g/mol. The summed E-state index contributed by atoms with van der Waals surface area (Å²) in [5, 5.41) is 2.33. The van der Waals surface area contributed by atoms with Crippen LogP contribution in [0, 0.1) is 18.2 Å². The fourth-order valence-electron chi connectivity index (χ4n) is 1.12. The summed E-state index contributed by atoms with van der Waals surface area (Å²) in [5.74, 6) is 0.844. The molecule has 0 aromatic heterocycles. The number of benzene rings is 1. The summed E-state index contributed by atoms with van der Waals surface area (Å²) in [5.41, 5.74) is 0. The van der Waals surface area contributed by atoms with E-state index in [9.17, 15) is 14.0 Å². The summed E-state index contributed by atoms with van der Waals surface area (Å²) in [6, 6.07) is 3.76. The third kappa shape index (κ3) is 5.71. The molecule has 20 heavy (non-hydrogen) atoms. The van der Waals surface area contributed by atoms with Crippen molar-refractivity contribution in [3.63, 3.8) is 0 Å². The van der Waals surface area contributed by atoms with Crippen molar-refractivity contribution in [1.29, 1.82) is 0 Å². The van der Waals surface area contributed by atoms with Crippen LogP contribution in [0.1, 0.15) is 0 Å². The number of ether oxygens (including phenoxy) is 2. The van der Waals surface area contributed by atoms with E-state index in [0.29, 0.717) is 10.2 Å².